The molecule has 0 aliphatic carbocycles. The zero-order valence-corrected chi connectivity index (χ0v) is 9.91. The normalized spacial score (nSPS) is 21.0. The second kappa shape index (κ2) is 5.18. The third-order valence-electron chi connectivity index (χ3n) is 3.16. The van der Waals surface area contributed by atoms with E-state index in [1.54, 1.807) is 0 Å². The minimum atomic E-state index is -4.19. The first-order chi connectivity index (χ1) is 8.46. The van der Waals surface area contributed by atoms with E-state index >= 15 is 0 Å². The number of fused-ring (bicyclic) bond motifs is 1. The number of nitrogens with two attached hydrogens (primary N) is 1. The number of benzene rings is 1. The van der Waals surface area contributed by atoms with E-state index < -0.39 is 18.6 Å². The Morgan fingerprint density at radius 1 is 1.33 bits per heavy atom. The summed E-state index contributed by atoms with van der Waals surface area (Å²) in [4.78, 5) is 0. The average molecular weight is 259 g/mol. The maximum absolute atomic E-state index is 12.3. The molecule has 18 heavy (non-hydrogen) atoms. The van der Waals surface area contributed by atoms with Crippen LogP contribution in [0.5, 0.6) is 5.75 Å². The number of alkyl halides is 3. The summed E-state index contributed by atoms with van der Waals surface area (Å²) in [6.45, 7) is 0.542. The molecule has 0 fully saturated rings. The van der Waals surface area contributed by atoms with Crippen molar-refractivity contribution in [1.82, 2.24) is 0 Å². The second-order valence-corrected chi connectivity index (χ2v) is 4.69. The van der Waals surface area contributed by atoms with E-state index in [0.717, 1.165) is 17.7 Å². The van der Waals surface area contributed by atoms with Gasteiger partial charge in [-0.3, -0.25) is 0 Å². The van der Waals surface area contributed by atoms with Crippen molar-refractivity contribution in [3.63, 3.8) is 0 Å². The molecule has 2 unspecified atom stereocenters. The van der Waals surface area contributed by atoms with Gasteiger partial charge in [0.1, 0.15) is 5.75 Å². The Hall–Kier alpha value is -1.23. The molecule has 0 saturated heterocycles. The van der Waals surface area contributed by atoms with Crippen molar-refractivity contribution < 1.29 is 17.9 Å². The van der Waals surface area contributed by atoms with Crippen LogP contribution in [0.2, 0.25) is 0 Å². The van der Waals surface area contributed by atoms with E-state index in [-0.39, 0.29) is 5.92 Å². The number of halogens is 3. The predicted molar refractivity (Wildman–Crippen MR) is 62.6 cm³/mol. The fraction of sp³-hybridized carbons (Fsp3) is 0.538. The maximum atomic E-state index is 12.3. The summed E-state index contributed by atoms with van der Waals surface area (Å²) in [6, 6.07) is 6.63. The summed E-state index contributed by atoms with van der Waals surface area (Å²) in [6.07, 6.45) is -4.04. The lowest BCUT2D eigenvalue weighted by atomic mass is 9.87. The van der Waals surface area contributed by atoms with Gasteiger partial charge >= 0.3 is 6.18 Å². The van der Waals surface area contributed by atoms with E-state index in [1.807, 2.05) is 24.3 Å². The molecule has 2 rings (SSSR count). The summed E-state index contributed by atoms with van der Waals surface area (Å²) in [7, 11) is 0. The van der Waals surface area contributed by atoms with Gasteiger partial charge in [0.25, 0.3) is 0 Å². The van der Waals surface area contributed by atoms with Crippen molar-refractivity contribution in [2.75, 3.05) is 6.61 Å². The van der Waals surface area contributed by atoms with Crippen molar-refractivity contribution in [2.45, 2.75) is 37.4 Å². The molecule has 0 aromatic heterocycles. The molecule has 1 aliphatic rings. The van der Waals surface area contributed by atoms with Crippen LogP contribution in [0.1, 0.15) is 30.7 Å². The summed E-state index contributed by atoms with van der Waals surface area (Å²) in [5.41, 5.74) is 6.56. The molecule has 0 radical (unpaired) electrons. The largest absolute Gasteiger partial charge is 0.493 e. The van der Waals surface area contributed by atoms with Crippen LogP contribution in [0, 0.1) is 0 Å². The highest BCUT2D eigenvalue weighted by Gasteiger charge is 2.32. The Kier molecular flexibility index (Phi) is 3.80. The van der Waals surface area contributed by atoms with Crippen molar-refractivity contribution in [1.29, 1.82) is 0 Å². The average Bonchev–Trinajstić information content (AvgIpc) is 2.27. The molecule has 1 heterocycles. The summed E-state index contributed by atoms with van der Waals surface area (Å²) >= 11 is 0. The Morgan fingerprint density at radius 2 is 2.06 bits per heavy atom. The third-order valence-corrected chi connectivity index (χ3v) is 3.16. The van der Waals surface area contributed by atoms with Gasteiger partial charge in [-0.2, -0.15) is 13.2 Å². The van der Waals surface area contributed by atoms with Gasteiger partial charge in [0.15, 0.2) is 0 Å². The summed E-state index contributed by atoms with van der Waals surface area (Å²) < 4.78 is 42.2. The maximum Gasteiger partial charge on any atom is 0.390 e. The van der Waals surface area contributed by atoms with Crippen LogP contribution in [0.4, 0.5) is 13.2 Å². The molecular weight excluding hydrogens is 243 g/mol. The monoisotopic (exact) mass is 259 g/mol. The first kappa shape index (κ1) is 13.2. The van der Waals surface area contributed by atoms with Gasteiger partial charge < -0.3 is 10.5 Å². The summed E-state index contributed by atoms with van der Waals surface area (Å²) in [5.74, 6) is 0.834. The van der Waals surface area contributed by atoms with E-state index in [0.29, 0.717) is 13.0 Å². The van der Waals surface area contributed by atoms with Crippen LogP contribution in [0.15, 0.2) is 24.3 Å². The van der Waals surface area contributed by atoms with Gasteiger partial charge in [-0.05, 0) is 30.4 Å². The Bertz CT molecular complexity index is 405. The molecule has 100 valence electrons. The lowest BCUT2D eigenvalue weighted by Crippen LogP contribution is -2.30. The quantitative estimate of drug-likeness (QED) is 0.904. The van der Waals surface area contributed by atoms with E-state index in [4.69, 9.17) is 10.5 Å². The van der Waals surface area contributed by atoms with Gasteiger partial charge in [-0.1, -0.05) is 18.2 Å². The standard InChI is InChI=1S/C13H16F3NO/c14-13(15,16)8-10(17)7-9-5-6-18-12-4-2-1-3-11(9)12/h1-4,9-10H,5-8,17H2. The molecule has 2 nitrogen and oxygen atoms in total. The highest BCUT2D eigenvalue weighted by Crippen LogP contribution is 2.37. The molecular formula is C13H16F3NO. The fourth-order valence-electron chi connectivity index (χ4n) is 2.41. The van der Waals surface area contributed by atoms with Crippen molar-refractivity contribution in [3.05, 3.63) is 29.8 Å². The number of para-hydroxylation sites is 1. The topological polar surface area (TPSA) is 35.2 Å². The smallest absolute Gasteiger partial charge is 0.390 e. The molecule has 1 aromatic rings. The van der Waals surface area contributed by atoms with Gasteiger partial charge in [-0.15, -0.1) is 0 Å². The number of rotatable bonds is 3. The SMILES string of the molecule is NC(CC1CCOc2ccccc21)CC(F)(F)F. The first-order valence-corrected chi connectivity index (χ1v) is 6.00. The van der Waals surface area contributed by atoms with Crippen molar-refractivity contribution in [2.24, 2.45) is 5.73 Å². The van der Waals surface area contributed by atoms with E-state index in [9.17, 15) is 13.2 Å². The molecule has 0 saturated carbocycles. The zero-order valence-electron chi connectivity index (χ0n) is 9.91. The minimum Gasteiger partial charge on any atom is -0.493 e. The second-order valence-electron chi connectivity index (χ2n) is 4.69. The zero-order chi connectivity index (χ0) is 13.2. The number of hydrogen-bond donors (Lipinski definition) is 1. The third kappa shape index (κ3) is 3.38. The lowest BCUT2D eigenvalue weighted by molar-refractivity contribution is -0.138. The van der Waals surface area contributed by atoms with Crippen LogP contribution in [-0.2, 0) is 0 Å². The van der Waals surface area contributed by atoms with E-state index in [1.165, 1.54) is 0 Å². The molecule has 1 aliphatic heterocycles. The Balaban J connectivity index is 2.03. The lowest BCUT2D eigenvalue weighted by Gasteiger charge is -2.28. The van der Waals surface area contributed by atoms with Crippen LogP contribution >= 0.6 is 0 Å². The highest BCUT2D eigenvalue weighted by molar-refractivity contribution is 5.37. The van der Waals surface area contributed by atoms with Crippen LogP contribution in [-0.4, -0.2) is 18.8 Å². The minimum absolute atomic E-state index is 0.0623. The van der Waals surface area contributed by atoms with Gasteiger partial charge in [0, 0.05) is 6.04 Å². The molecule has 5 heteroatoms. The van der Waals surface area contributed by atoms with Gasteiger partial charge in [0.2, 0.25) is 0 Å². The van der Waals surface area contributed by atoms with Gasteiger partial charge in [0.05, 0.1) is 13.0 Å². The van der Waals surface area contributed by atoms with Crippen molar-refractivity contribution in [3.8, 4) is 5.75 Å². The predicted octanol–water partition coefficient (Wildman–Crippen LogP) is 3.22. The molecule has 1 aromatic carbocycles. The highest BCUT2D eigenvalue weighted by atomic mass is 19.4. The Labute approximate surface area is 104 Å². The van der Waals surface area contributed by atoms with Crippen LogP contribution in [0.3, 0.4) is 0 Å². The number of ether oxygens (including phenoxy) is 1. The molecule has 0 bridgehead atoms. The van der Waals surface area contributed by atoms with Crippen LogP contribution in [0.25, 0.3) is 0 Å². The fourth-order valence-corrected chi connectivity index (χ4v) is 2.41. The first-order valence-electron chi connectivity index (χ1n) is 6.00. The number of hydrogen-bond acceptors (Lipinski definition) is 2. The molecule has 2 atom stereocenters. The summed E-state index contributed by atoms with van der Waals surface area (Å²) in [5, 5.41) is 0. The van der Waals surface area contributed by atoms with Crippen LogP contribution < -0.4 is 10.5 Å². The van der Waals surface area contributed by atoms with Crippen molar-refractivity contribution >= 4 is 0 Å². The van der Waals surface area contributed by atoms with Gasteiger partial charge in [-0.25, -0.2) is 0 Å². The van der Waals surface area contributed by atoms with E-state index in [2.05, 4.69) is 0 Å². The Morgan fingerprint density at radius 3 is 2.78 bits per heavy atom. The molecule has 0 amide bonds. The molecule has 0 spiro atoms. The molecule has 2 N–H and O–H groups in total.